The minimum atomic E-state index is -1.30. The van der Waals surface area contributed by atoms with E-state index in [2.05, 4.69) is 5.32 Å². The number of amides is 1. The molecule has 6 heteroatoms. The van der Waals surface area contributed by atoms with Crippen LogP contribution in [0, 0.1) is 0 Å². The molecule has 0 radical (unpaired) electrons. The number of benzene rings is 1. The summed E-state index contributed by atoms with van der Waals surface area (Å²) in [6.45, 7) is 3.43. The minimum absolute atomic E-state index is 0.278. The fourth-order valence-corrected chi connectivity index (χ4v) is 2.33. The number of ether oxygens (including phenoxy) is 1. The molecule has 0 aliphatic rings. The third-order valence-corrected chi connectivity index (χ3v) is 4.05. The first kappa shape index (κ1) is 17.3. The topological polar surface area (TPSA) is 75.6 Å². The molecule has 116 valence electrons. The van der Waals surface area contributed by atoms with Gasteiger partial charge < -0.3 is 15.2 Å². The number of nitrogens with one attached hydrogen (secondary N) is 1. The van der Waals surface area contributed by atoms with Gasteiger partial charge in [0.15, 0.2) is 0 Å². The van der Waals surface area contributed by atoms with E-state index in [1.54, 1.807) is 38.1 Å². The second-order valence-electron chi connectivity index (χ2n) is 4.69. The highest BCUT2D eigenvalue weighted by Crippen LogP contribution is 2.30. The SMILES string of the molecule is CCC(CC)(NC(=O)C(Cl)c1ccccc1OC)C(=O)O. The summed E-state index contributed by atoms with van der Waals surface area (Å²) >= 11 is 6.18. The Morgan fingerprint density at radius 3 is 2.38 bits per heavy atom. The monoisotopic (exact) mass is 313 g/mol. The van der Waals surface area contributed by atoms with Crippen LogP contribution in [0.3, 0.4) is 0 Å². The molecule has 1 aromatic rings. The lowest BCUT2D eigenvalue weighted by Gasteiger charge is -2.29. The van der Waals surface area contributed by atoms with Gasteiger partial charge in [-0.2, -0.15) is 0 Å². The van der Waals surface area contributed by atoms with Crippen molar-refractivity contribution in [3.63, 3.8) is 0 Å². The van der Waals surface area contributed by atoms with Crippen LogP contribution in [0.1, 0.15) is 37.6 Å². The third kappa shape index (κ3) is 3.67. The van der Waals surface area contributed by atoms with Crippen LogP contribution in [-0.4, -0.2) is 29.6 Å². The van der Waals surface area contributed by atoms with E-state index in [0.29, 0.717) is 11.3 Å². The van der Waals surface area contributed by atoms with E-state index in [-0.39, 0.29) is 12.8 Å². The Morgan fingerprint density at radius 2 is 1.90 bits per heavy atom. The predicted octanol–water partition coefficient (Wildman–Crippen LogP) is 2.73. The smallest absolute Gasteiger partial charge is 0.329 e. The lowest BCUT2D eigenvalue weighted by molar-refractivity contribution is -0.148. The maximum absolute atomic E-state index is 12.3. The first-order valence-corrected chi connectivity index (χ1v) is 7.17. The summed E-state index contributed by atoms with van der Waals surface area (Å²) in [5.41, 5.74) is -0.794. The number of carboxylic acids is 1. The summed E-state index contributed by atoms with van der Waals surface area (Å²) in [4.78, 5) is 23.7. The molecule has 0 saturated heterocycles. The van der Waals surface area contributed by atoms with Crippen molar-refractivity contribution < 1.29 is 19.4 Å². The molecule has 21 heavy (non-hydrogen) atoms. The van der Waals surface area contributed by atoms with Gasteiger partial charge in [-0.05, 0) is 18.9 Å². The molecule has 0 spiro atoms. The average molecular weight is 314 g/mol. The third-order valence-electron chi connectivity index (χ3n) is 3.62. The van der Waals surface area contributed by atoms with Crippen LogP contribution >= 0.6 is 11.6 Å². The molecule has 1 unspecified atom stereocenters. The number of para-hydroxylation sites is 1. The van der Waals surface area contributed by atoms with Crippen LogP contribution in [0.5, 0.6) is 5.75 Å². The Kier molecular flexibility index (Phi) is 6.03. The molecule has 0 aliphatic carbocycles. The van der Waals surface area contributed by atoms with Crippen molar-refractivity contribution in [2.75, 3.05) is 7.11 Å². The number of methoxy groups -OCH3 is 1. The Labute approximate surface area is 129 Å². The molecular weight excluding hydrogens is 294 g/mol. The molecule has 0 fully saturated rings. The van der Waals surface area contributed by atoms with Gasteiger partial charge in [0, 0.05) is 5.56 Å². The van der Waals surface area contributed by atoms with E-state index in [0.717, 1.165) is 0 Å². The molecule has 0 bridgehead atoms. The zero-order chi connectivity index (χ0) is 16.0. The van der Waals surface area contributed by atoms with E-state index >= 15 is 0 Å². The van der Waals surface area contributed by atoms with Gasteiger partial charge in [-0.25, -0.2) is 4.79 Å². The minimum Gasteiger partial charge on any atom is -0.496 e. The predicted molar refractivity (Wildman–Crippen MR) is 80.7 cm³/mol. The van der Waals surface area contributed by atoms with Crippen LogP contribution in [0.25, 0.3) is 0 Å². The van der Waals surface area contributed by atoms with Crippen molar-refractivity contribution in [1.29, 1.82) is 0 Å². The highest BCUT2D eigenvalue weighted by atomic mass is 35.5. The Morgan fingerprint density at radius 1 is 1.33 bits per heavy atom. The van der Waals surface area contributed by atoms with Gasteiger partial charge in [0.2, 0.25) is 5.91 Å². The first-order chi connectivity index (χ1) is 9.91. The number of carbonyl (C=O) groups is 2. The normalized spacial score (nSPS) is 12.6. The van der Waals surface area contributed by atoms with E-state index in [4.69, 9.17) is 16.3 Å². The molecule has 1 rings (SSSR count). The number of halogens is 1. The fraction of sp³-hybridized carbons (Fsp3) is 0.467. The lowest BCUT2D eigenvalue weighted by Crippen LogP contribution is -2.54. The van der Waals surface area contributed by atoms with Gasteiger partial charge in [0.1, 0.15) is 16.7 Å². The molecule has 1 aromatic carbocycles. The zero-order valence-electron chi connectivity index (χ0n) is 12.4. The zero-order valence-corrected chi connectivity index (χ0v) is 13.1. The molecule has 0 aliphatic heterocycles. The first-order valence-electron chi connectivity index (χ1n) is 6.74. The molecule has 2 N–H and O–H groups in total. The Balaban J connectivity index is 3.00. The Bertz CT molecular complexity index is 514. The summed E-state index contributed by atoms with van der Waals surface area (Å²) in [6, 6.07) is 6.88. The van der Waals surface area contributed by atoms with Crippen LogP contribution in [0.4, 0.5) is 0 Å². The van der Waals surface area contributed by atoms with Gasteiger partial charge in [-0.3, -0.25) is 4.79 Å². The number of carbonyl (C=O) groups excluding carboxylic acids is 1. The summed E-state index contributed by atoms with van der Waals surface area (Å²) in [7, 11) is 1.49. The Hall–Kier alpha value is -1.75. The number of aliphatic carboxylic acids is 1. The van der Waals surface area contributed by atoms with E-state index < -0.39 is 22.8 Å². The summed E-state index contributed by atoms with van der Waals surface area (Å²) in [5, 5.41) is 10.9. The second kappa shape index (κ2) is 7.31. The van der Waals surface area contributed by atoms with E-state index in [1.807, 2.05) is 0 Å². The summed E-state index contributed by atoms with van der Waals surface area (Å²) in [6.07, 6.45) is 0.556. The van der Waals surface area contributed by atoms with Gasteiger partial charge in [-0.1, -0.05) is 32.0 Å². The van der Waals surface area contributed by atoms with Crippen molar-refractivity contribution in [3.05, 3.63) is 29.8 Å². The average Bonchev–Trinajstić information content (AvgIpc) is 2.51. The molecule has 0 heterocycles. The largest absolute Gasteiger partial charge is 0.496 e. The number of alkyl halides is 1. The van der Waals surface area contributed by atoms with Gasteiger partial charge in [-0.15, -0.1) is 11.6 Å². The number of rotatable bonds is 7. The molecule has 1 atom stereocenters. The standard InChI is InChI=1S/C15H20ClNO4/c1-4-15(5-2,14(19)20)17-13(18)12(16)10-8-6-7-9-11(10)21-3/h6-9,12H,4-5H2,1-3H3,(H,17,18)(H,19,20). The molecule has 5 nitrogen and oxygen atoms in total. The van der Waals surface area contributed by atoms with E-state index in [9.17, 15) is 14.7 Å². The van der Waals surface area contributed by atoms with Crippen LogP contribution < -0.4 is 10.1 Å². The van der Waals surface area contributed by atoms with E-state index in [1.165, 1.54) is 7.11 Å². The van der Waals surface area contributed by atoms with Crippen LogP contribution in [0.15, 0.2) is 24.3 Å². The summed E-state index contributed by atoms with van der Waals surface area (Å²) < 4.78 is 5.17. The van der Waals surface area contributed by atoms with Crippen LogP contribution in [0.2, 0.25) is 0 Å². The van der Waals surface area contributed by atoms with Crippen molar-refractivity contribution >= 4 is 23.5 Å². The summed E-state index contributed by atoms with van der Waals surface area (Å²) in [5.74, 6) is -1.13. The van der Waals surface area contributed by atoms with Crippen molar-refractivity contribution in [3.8, 4) is 5.75 Å². The highest BCUT2D eigenvalue weighted by Gasteiger charge is 2.38. The molecule has 0 aromatic heterocycles. The second-order valence-corrected chi connectivity index (χ2v) is 5.12. The fourth-order valence-electron chi connectivity index (χ4n) is 2.10. The number of hydrogen-bond acceptors (Lipinski definition) is 3. The maximum Gasteiger partial charge on any atom is 0.329 e. The number of carboxylic acid groups (broad SMARTS) is 1. The molecular formula is C15H20ClNO4. The van der Waals surface area contributed by atoms with Crippen molar-refractivity contribution in [2.45, 2.75) is 37.6 Å². The van der Waals surface area contributed by atoms with Crippen molar-refractivity contribution in [2.24, 2.45) is 0 Å². The number of hydrogen-bond donors (Lipinski definition) is 2. The van der Waals surface area contributed by atoms with Gasteiger partial charge in [0.25, 0.3) is 0 Å². The molecule has 0 saturated carbocycles. The highest BCUT2D eigenvalue weighted by molar-refractivity contribution is 6.31. The molecule has 1 amide bonds. The quantitative estimate of drug-likeness (QED) is 0.759. The lowest BCUT2D eigenvalue weighted by atomic mass is 9.92. The maximum atomic E-state index is 12.3. The van der Waals surface area contributed by atoms with Crippen molar-refractivity contribution in [1.82, 2.24) is 5.32 Å². The van der Waals surface area contributed by atoms with Gasteiger partial charge in [0.05, 0.1) is 7.11 Å². The van der Waals surface area contributed by atoms with Gasteiger partial charge >= 0.3 is 5.97 Å². The van der Waals surface area contributed by atoms with Crippen LogP contribution in [-0.2, 0) is 9.59 Å².